The molecule has 0 rings (SSSR count). The lowest BCUT2D eigenvalue weighted by Gasteiger charge is -2.24. The fourth-order valence-corrected chi connectivity index (χ4v) is 6.96. The number of hydrogen-bond donors (Lipinski definition) is 2. The third-order valence-corrected chi connectivity index (χ3v) is 10.4. The number of carbonyl (C=O) groups excluding carboxylic acids is 2. The van der Waals surface area contributed by atoms with Crippen LogP contribution in [-0.2, 0) is 9.59 Å². The molecule has 0 aliphatic heterocycles. The Morgan fingerprint density at radius 1 is 0.408 bits per heavy atom. The minimum absolute atomic E-state index is 0.188. The van der Waals surface area contributed by atoms with Crippen LogP contribution >= 0.6 is 0 Å². The van der Waals surface area contributed by atoms with Crippen LogP contribution in [0.3, 0.4) is 0 Å². The van der Waals surface area contributed by atoms with Crippen molar-refractivity contribution >= 4 is 11.8 Å². The highest BCUT2D eigenvalue weighted by atomic mass is 16.2. The molecule has 292 valence electrons. The van der Waals surface area contributed by atoms with Crippen molar-refractivity contribution in [1.29, 1.82) is 0 Å². The first-order chi connectivity index (χ1) is 23.9. The second-order valence-corrected chi connectivity index (χ2v) is 15.3. The maximum absolute atomic E-state index is 12.6. The summed E-state index contributed by atoms with van der Waals surface area (Å²) in [6.07, 6.45) is 34.3. The monoisotopic (exact) mass is 693 g/mol. The summed E-state index contributed by atoms with van der Waals surface area (Å²) in [5.41, 5.74) is 0. The van der Waals surface area contributed by atoms with E-state index in [1.165, 1.54) is 141 Å². The fraction of sp³-hybridized carbons (Fsp3) is 0.953. The number of carbonyl (C=O) groups is 2. The molecular formula is C43H88N4O2. The van der Waals surface area contributed by atoms with Crippen molar-refractivity contribution in [3.63, 3.8) is 0 Å². The van der Waals surface area contributed by atoms with Gasteiger partial charge in [-0.15, -0.1) is 0 Å². The molecular weight excluding hydrogens is 604 g/mol. The topological polar surface area (TPSA) is 64.7 Å². The Kier molecular flexibility index (Phi) is 35.8. The Morgan fingerprint density at radius 3 is 0.980 bits per heavy atom. The molecule has 0 aliphatic rings. The molecule has 6 nitrogen and oxygen atoms in total. The highest BCUT2D eigenvalue weighted by Crippen LogP contribution is 2.14. The van der Waals surface area contributed by atoms with E-state index in [-0.39, 0.29) is 23.9 Å². The molecule has 0 saturated heterocycles. The average Bonchev–Trinajstić information content (AvgIpc) is 3.08. The van der Waals surface area contributed by atoms with Crippen molar-refractivity contribution < 1.29 is 9.59 Å². The van der Waals surface area contributed by atoms with Gasteiger partial charge in [0.15, 0.2) is 0 Å². The van der Waals surface area contributed by atoms with E-state index < -0.39 is 0 Å². The molecule has 2 unspecified atom stereocenters. The molecule has 0 aliphatic carbocycles. The zero-order chi connectivity index (χ0) is 36.2. The fourth-order valence-electron chi connectivity index (χ4n) is 6.96. The van der Waals surface area contributed by atoms with E-state index in [4.69, 9.17) is 0 Å². The molecule has 0 saturated carbocycles. The number of amides is 2. The highest BCUT2D eigenvalue weighted by Gasteiger charge is 2.13. The van der Waals surface area contributed by atoms with Crippen molar-refractivity contribution in [2.24, 2.45) is 0 Å². The van der Waals surface area contributed by atoms with Crippen LogP contribution in [0.25, 0.3) is 0 Å². The molecule has 2 atom stereocenters. The molecule has 0 aromatic carbocycles. The molecule has 2 amide bonds. The Morgan fingerprint density at radius 2 is 0.694 bits per heavy atom. The number of rotatable bonds is 38. The summed E-state index contributed by atoms with van der Waals surface area (Å²) < 4.78 is 0. The molecule has 0 spiro atoms. The maximum atomic E-state index is 12.6. The van der Waals surface area contributed by atoms with Crippen molar-refractivity contribution in [1.82, 2.24) is 20.4 Å². The zero-order valence-electron chi connectivity index (χ0n) is 34.2. The van der Waals surface area contributed by atoms with Gasteiger partial charge in [-0.3, -0.25) is 9.59 Å². The van der Waals surface area contributed by atoms with Crippen molar-refractivity contribution in [2.75, 3.05) is 39.3 Å². The summed E-state index contributed by atoms with van der Waals surface area (Å²) in [6.45, 7) is 18.8. The van der Waals surface area contributed by atoms with E-state index in [2.05, 4.69) is 62.0 Å². The molecule has 0 aromatic rings. The van der Waals surface area contributed by atoms with Gasteiger partial charge in [0.1, 0.15) is 0 Å². The maximum Gasteiger partial charge on any atom is 0.221 e. The van der Waals surface area contributed by atoms with Crippen molar-refractivity contribution in [3.8, 4) is 0 Å². The van der Waals surface area contributed by atoms with E-state index >= 15 is 0 Å². The quantitative estimate of drug-likeness (QED) is 0.0632. The zero-order valence-corrected chi connectivity index (χ0v) is 34.2. The Labute approximate surface area is 307 Å². The molecule has 0 heterocycles. The Hall–Kier alpha value is -1.14. The summed E-state index contributed by atoms with van der Waals surface area (Å²) in [5.74, 6) is 0.376. The van der Waals surface area contributed by atoms with Crippen LogP contribution in [-0.4, -0.2) is 73.0 Å². The molecule has 2 N–H and O–H groups in total. The average molecular weight is 693 g/mol. The number of hydrogen-bond acceptors (Lipinski definition) is 4. The predicted molar refractivity (Wildman–Crippen MR) is 215 cm³/mol. The molecule has 6 heteroatoms. The first kappa shape index (κ1) is 47.9. The number of nitrogens with one attached hydrogen (secondary N) is 2. The lowest BCUT2D eigenvalue weighted by atomic mass is 10.0. The molecule has 0 fully saturated rings. The standard InChI is InChI=1S/C43H88N4O2/c1-7-11-13-15-17-19-21-23-25-27-29-32-40(5)44-42(48)34-38-46(9-3)36-31-37-47(10-4)39-35-43(49)45-41(6)33-30-28-26-24-22-20-18-16-14-12-8-2/h40-41H,7-39H2,1-6H3,(H,44,48)(H,45,49). The lowest BCUT2D eigenvalue weighted by molar-refractivity contribution is -0.122. The van der Waals surface area contributed by atoms with Gasteiger partial charge in [-0.05, 0) is 59.3 Å². The van der Waals surface area contributed by atoms with Gasteiger partial charge in [0.2, 0.25) is 11.8 Å². The summed E-state index contributed by atoms with van der Waals surface area (Å²) in [6, 6.07) is 0.535. The largest absolute Gasteiger partial charge is 0.354 e. The van der Waals surface area contributed by atoms with Crippen LogP contribution in [0, 0.1) is 0 Å². The van der Waals surface area contributed by atoms with Crippen LogP contribution in [0.5, 0.6) is 0 Å². The minimum Gasteiger partial charge on any atom is -0.354 e. The second-order valence-electron chi connectivity index (χ2n) is 15.3. The predicted octanol–water partition coefficient (Wildman–Crippen LogP) is 11.2. The van der Waals surface area contributed by atoms with Gasteiger partial charge >= 0.3 is 0 Å². The first-order valence-corrected chi connectivity index (χ1v) is 21.9. The van der Waals surface area contributed by atoms with Crippen LogP contribution in [0.2, 0.25) is 0 Å². The highest BCUT2D eigenvalue weighted by molar-refractivity contribution is 5.76. The Balaban J connectivity index is 3.88. The molecule has 0 radical (unpaired) electrons. The number of unbranched alkanes of at least 4 members (excludes halogenated alkanes) is 20. The van der Waals surface area contributed by atoms with Crippen LogP contribution in [0.4, 0.5) is 0 Å². The summed E-state index contributed by atoms with van der Waals surface area (Å²) in [7, 11) is 0. The summed E-state index contributed by atoms with van der Waals surface area (Å²) in [4.78, 5) is 30.0. The molecule has 49 heavy (non-hydrogen) atoms. The SMILES string of the molecule is CCCCCCCCCCCCCC(C)NC(=O)CCN(CC)CCCN(CC)CCC(=O)NC(C)CCCCCCCCCCCCC. The van der Waals surface area contributed by atoms with E-state index in [0.717, 1.165) is 58.5 Å². The summed E-state index contributed by atoms with van der Waals surface area (Å²) in [5, 5.41) is 6.47. The molecule has 0 aromatic heterocycles. The van der Waals surface area contributed by atoms with E-state index in [1.807, 2.05) is 0 Å². The van der Waals surface area contributed by atoms with Gasteiger partial charge in [-0.1, -0.05) is 169 Å². The minimum atomic E-state index is 0.188. The summed E-state index contributed by atoms with van der Waals surface area (Å²) >= 11 is 0. The van der Waals surface area contributed by atoms with Gasteiger partial charge < -0.3 is 20.4 Å². The van der Waals surface area contributed by atoms with E-state index in [1.54, 1.807) is 0 Å². The Bertz CT molecular complexity index is 660. The first-order valence-electron chi connectivity index (χ1n) is 21.9. The smallest absolute Gasteiger partial charge is 0.221 e. The van der Waals surface area contributed by atoms with Crippen molar-refractivity contribution in [3.05, 3.63) is 0 Å². The normalized spacial score (nSPS) is 12.9. The van der Waals surface area contributed by atoms with Gasteiger partial charge in [-0.25, -0.2) is 0 Å². The van der Waals surface area contributed by atoms with Gasteiger partial charge in [0.25, 0.3) is 0 Å². The van der Waals surface area contributed by atoms with Gasteiger partial charge in [0.05, 0.1) is 0 Å². The van der Waals surface area contributed by atoms with Crippen molar-refractivity contribution in [2.45, 2.75) is 227 Å². The van der Waals surface area contributed by atoms with E-state index in [9.17, 15) is 9.59 Å². The van der Waals surface area contributed by atoms with Crippen LogP contribution in [0.1, 0.15) is 215 Å². The van der Waals surface area contributed by atoms with Gasteiger partial charge in [-0.2, -0.15) is 0 Å². The third kappa shape index (κ3) is 33.7. The third-order valence-electron chi connectivity index (χ3n) is 10.4. The second kappa shape index (κ2) is 36.6. The number of nitrogens with zero attached hydrogens (tertiary/aromatic N) is 2. The lowest BCUT2D eigenvalue weighted by Crippen LogP contribution is -2.37. The van der Waals surface area contributed by atoms with Crippen LogP contribution in [0.15, 0.2) is 0 Å². The van der Waals surface area contributed by atoms with E-state index in [0.29, 0.717) is 12.8 Å². The van der Waals surface area contributed by atoms with Crippen LogP contribution < -0.4 is 10.6 Å². The molecule has 0 bridgehead atoms. The van der Waals surface area contributed by atoms with Gasteiger partial charge in [0, 0.05) is 38.0 Å².